The Kier molecular flexibility index (Phi) is 2.55. The highest BCUT2D eigenvalue weighted by atomic mass is 19.1. The summed E-state index contributed by atoms with van der Waals surface area (Å²) in [7, 11) is 0. The van der Waals surface area contributed by atoms with Crippen molar-refractivity contribution in [1.29, 1.82) is 0 Å². The van der Waals surface area contributed by atoms with Gasteiger partial charge in [-0.25, -0.2) is 9.07 Å². The van der Waals surface area contributed by atoms with E-state index in [0.717, 1.165) is 0 Å². The fraction of sp³-hybridized carbons (Fsp3) is 0.0909. The van der Waals surface area contributed by atoms with Crippen molar-refractivity contribution < 1.29 is 9.18 Å². The molecule has 2 aromatic rings. The van der Waals surface area contributed by atoms with Crippen molar-refractivity contribution in [1.82, 2.24) is 9.78 Å². The van der Waals surface area contributed by atoms with Gasteiger partial charge in [-0.05, 0) is 24.6 Å². The number of halogens is 1. The van der Waals surface area contributed by atoms with Crippen molar-refractivity contribution >= 4 is 11.7 Å². The number of aryl methyl sites for hydroxylation is 1. The summed E-state index contributed by atoms with van der Waals surface area (Å²) in [5.74, 6) is -0.930. The molecule has 0 saturated heterocycles. The van der Waals surface area contributed by atoms with Gasteiger partial charge >= 0.3 is 0 Å². The van der Waals surface area contributed by atoms with Crippen molar-refractivity contribution in [3.8, 4) is 5.69 Å². The Morgan fingerprint density at radius 1 is 1.47 bits per heavy atom. The van der Waals surface area contributed by atoms with Crippen LogP contribution in [0.25, 0.3) is 5.69 Å². The molecule has 1 heterocycles. The number of nitrogens with zero attached hydrogens (tertiary/aromatic N) is 2. The van der Waals surface area contributed by atoms with Gasteiger partial charge in [-0.3, -0.25) is 4.79 Å². The maximum absolute atomic E-state index is 13.4. The third-order valence-electron chi connectivity index (χ3n) is 2.47. The highest BCUT2D eigenvalue weighted by molar-refractivity contribution is 5.97. The van der Waals surface area contributed by atoms with E-state index in [4.69, 9.17) is 11.5 Å². The van der Waals surface area contributed by atoms with Gasteiger partial charge in [0.2, 0.25) is 0 Å². The minimum atomic E-state index is -0.665. The number of primary amides is 1. The Hall–Kier alpha value is -2.37. The number of hydrogen-bond acceptors (Lipinski definition) is 3. The largest absolute Gasteiger partial charge is 0.383 e. The normalized spacial score (nSPS) is 10.5. The molecule has 1 aromatic heterocycles. The van der Waals surface area contributed by atoms with Crippen LogP contribution in [0.5, 0.6) is 0 Å². The van der Waals surface area contributed by atoms with Crippen molar-refractivity contribution in [2.24, 2.45) is 5.73 Å². The molecule has 0 bridgehead atoms. The number of carbonyl (C=O) groups excluding carboxylic acids is 1. The van der Waals surface area contributed by atoms with Crippen LogP contribution in [0, 0.1) is 12.7 Å². The molecule has 0 spiro atoms. The molecule has 0 saturated carbocycles. The van der Waals surface area contributed by atoms with Gasteiger partial charge in [0.05, 0.1) is 11.9 Å². The van der Waals surface area contributed by atoms with E-state index < -0.39 is 5.91 Å². The number of benzene rings is 1. The summed E-state index contributed by atoms with van der Waals surface area (Å²) >= 11 is 0. The summed E-state index contributed by atoms with van der Waals surface area (Å²) in [4.78, 5) is 11.0. The molecule has 2 rings (SSSR count). The lowest BCUT2D eigenvalue weighted by atomic mass is 10.2. The molecular weight excluding hydrogens is 223 g/mol. The van der Waals surface area contributed by atoms with Crippen LogP contribution in [0.4, 0.5) is 10.2 Å². The highest BCUT2D eigenvalue weighted by Crippen LogP contribution is 2.18. The first-order chi connectivity index (χ1) is 8.00. The SMILES string of the molecule is Cc1ccc(-n2ncc(C(N)=O)c2N)cc1F. The van der Waals surface area contributed by atoms with Crippen LogP contribution in [0.1, 0.15) is 15.9 Å². The number of rotatable bonds is 2. The van der Waals surface area contributed by atoms with E-state index in [2.05, 4.69) is 5.10 Å². The van der Waals surface area contributed by atoms with Crippen LogP contribution in [0.2, 0.25) is 0 Å². The van der Waals surface area contributed by atoms with E-state index in [0.29, 0.717) is 11.3 Å². The van der Waals surface area contributed by atoms with Crippen molar-refractivity contribution in [3.05, 3.63) is 41.3 Å². The minimum absolute atomic E-state index is 0.0979. The summed E-state index contributed by atoms with van der Waals surface area (Å²) in [6.45, 7) is 1.65. The topological polar surface area (TPSA) is 86.9 Å². The summed E-state index contributed by atoms with van der Waals surface area (Å²) < 4.78 is 14.7. The van der Waals surface area contributed by atoms with E-state index in [1.165, 1.54) is 16.9 Å². The zero-order valence-electron chi connectivity index (χ0n) is 9.14. The van der Waals surface area contributed by atoms with Gasteiger partial charge < -0.3 is 11.5 Å². The Morgan fingerprint density at radius 2 is 2.18 bits per heavy atom. The molecular formula is C11H11FN4O. The number of anilines is 1. The molecule has 1 aromatic carbocycles. The van der Waals surface area contributed by atoms with E-state index in [-0.39, 0.29) is 17.2 Å². The molecule has 4 N–H and O–H groups in total. The van der Waals surface area contributed by atoms with Crippen LogP contribution >= 0.6 is 0 Å². The van der Waals surface area contributed by atoms with Crippen LogP contribution in [-0.2, 0) is 0 Å². The van der Waals surface area contributed by atoms with Gasteiger partial charge in [-0.2, -0.15) is 5.10 Å². The molecule has 17 heavy (non-hydrogen) atoms. The fourth-order valence-electron chi connectivity index (χ4n) is 1.47. The Bertz CT molecular complexity index is 591. The summed E-state index contributed by atoms with van der Waals surface area (Å²) in [5.41, 5.74) is 11.9. The molecule has 0 atom stereocenters. The van der Waals surface area contributed by atoms with Gasteiger partial charge in [0.25, 0.3) is 5.91 Å². The summed E-state index contributed by atoms with van der Waals surface area (Å²) in [6.07, 6.45) is 1.26. The molecule has 88 valence electrons. The van der Waals surface area contributed by atoms with Crippen LogP contribution in [0.15, 0.2) is 24.4 Å². The second-order valence-electron chi connectivity index (χ2n) is 3.65. The first-order valence-corrected chi connectivity index (χ1v) is 4.90. The fourth-order valence-corrected chi connectivity index (χ4v) is 1.47. The quantitative estimate of drug-likeness (QED) is 0.812. The van der Waals surface area contributed by atoms with Gasteiger partial charge in [0, 0.05) is 0 Å². The molecule has 1 amide bonds. The molecule has 0 fully saturated rings. The highest BCUT2D eigenvalue weighted by Gasteiger charge is 2.13. The standard InChI is InChI=1S/C11H11FN4O/c1-6-2-3-7(4-9(6)12)16-10(13)8(5-15-16)11(14)17/h2-5H,13H2,1H3,(H2,14,17). The lowest BCUT2D eigenvalue weighted by Crippen LogP contribution is -2.13. The predicted molar refractivity (Wildman–Crippen MR) is 61.2 cm³/mol. The van der Waals surface area contributed by atoms with Crippen molar-refractivity contribution in [2.75, 3.05) is 5.73 Å². The van der Waals surface area contributed by atoms with Crippen LogP contribution in [-0.4, -0.2) is 15.7 Å². The third kappa shape index (κ3) is 1.84. The van der Waals surface area contributed by atoms with E-state index in [1.54, 1.807) is 19.1 Å². The molecule has 6 heteroatoms. The summed E-state index contributed by atoms with van der Waals surface area (Å²) in [6, 6.07) is 4.56. The minimum Gasteiger partial charge on any atom is -0.383 e. The molecule has 0 unspecified atom stereocenters. The lowest BCUT2D eigenvalue weighted by Gasteiger charge is -2.05. The van der Waals surface area contributed by atoms with Crippen LogP contribution in [0.3, 0.4) is 0 Å². The second kappa shape index (κ2) is 3.89. The zero-order chi connectivity index (χ0) is 12.6. The first-order valence-electron chi connectivity index (χ1n) is 4.90. The predicted octanol–water partition coefficient (Wildman–Crippen LogP) is 1.00. The zero-order valence-corrected chi connectivity index (χ0v) is 9.14. The van der Waals surface area contributed by atoms with Gasteiger partial charge in [0.1, 0.15) is 17.2 Å². The molecule has 5 nitrogen and oxygen atoms in total. The maximum atomic E-state index is 13.4. The Balaban J connectivity index is 2.53. The van der Waals surface area contributed by atoms with E-state index in [9.17, 15) is 9.18 Å². The Labute approximate surface area is 96.8 Å². The average Bonchev–Trinajstić information content (AvgIpc) is 2.64. The van der Waals surface area contributed by atoms with Crippen molar-refractivity contribution in [3.63, 3.8) is 0 Å². The van der Waals surface area contributed by atoms with E-state index in [1.807, 2.05) is 0 Å². The lowest BCUT2D eigenvalue weighted by molar-refractivity contribution is 0.100. The number of amides is 1. The van der Waals surface area contributed by atoms with Gasteiger partial charge in [-0.15, -0.1) is 0 Å². The van der Waals surface area contributed by atoms with Gasteiger partial charge in [0.15, 0.2) is 0 Å². The number of nitrogens with two attached hydrogens (primary N) is 2. The molecule has 0 aliphatic rings. The van der Waals surface area contributed by atoms with Crippen LogP contribution < -0.4 is 11.5 Å². The monoisotopic (exact) mass is 234 g/mol. The number of aromatic nitrogens is 2. The van der Waals surface area contributed by atoms with E-state index >= 15 is 0 Å². The smallest absolute Gasteiger partial charge is 0.254 e. The first kappa shape index (κ1) is 11.1. The number of nitrogen functional groups attached to an aromatic ring is 1. The third-order valence-corrected chi connectivity index (χ3v) is 2.47. The summed E-state index contributed by atoms with van der Waals surface area (Å²) in [5, 5.41) is 3.90. The Morgan fingerprint density at radius 3 is 2.71 bits per heavy atom. The average molecular weight is 234 g/mol. The van der Waals surface area contributed by atoms with Gasteiger partial charge in [-0.1, -0.05) is 6.07 Å². The molecule has 0 aliphatic carbocycles. The number of carbonyl (C=O) groups is 1. The second-order valence-corrected chi connectivity index (χ2v) is 3.65. The maximum Gasteiger partial charge on any atom is 0.254 e. The molecule has 0 aliphatic heterocycles. The number of hydrogen-bond donors (Lipinski definition) is 2. The van der Waals surface area contributed by atoms with Crippen molar-refractivity contribution in [2.45, 2.75) is 6.92 Å². The molecule has 0 radical (unpaired) electrons.